The van der Waals surface area contributed by atoms with Crippen LogP contribution in [0.2, 0.25) is 0 Å². The maximum absolute atomic E-state index is 10.3. The number of carboxylic acids is 1. The molecule has 0 bridgehead atoms. The highest BCUT2D eigenvalue weighted by molar-refractivity contribution is 7.73. The van der Waals surface area contributed by atoms with Crippen molar-refractivity contribution in [3.05, 3.63) is 8.86 Å². The van der Waals surface area contributed by atoms with E-state index in [1.807, 2.05) is 0 Å². The molecule has 0 radical (unpaired) electrons. The summed E-state index contributed by atoms with van der Waals surface area (Å²) in [6, 6.07) is 0. The number of carboxylic acid groups (broad SMARTS) is 1. The van der Waals surface area contributed by atoms with Gasteiger partial charge in [0.2, 0.25) is 10.9 Å². The van der Waals surface area contributed by atoms with Crippen molar-refractivity contribution in [2.24, 2.45) is 5.18 Å². The summed E-state index contributed by atoms with van der Waals surface area (Å²) in [7, 11) is 0. The van der Waals surface area contributed by atoms with Crippen LogP contribution in [0, 0.1) is 8.86 Å². The molecule has 0 saturated heterocycles. The van der Waals surface area contributed by atoms with E-state index in [1.165, 1.54) is 0 Å². The zero-order valence-electron chi connectivity index (χ0n) is 6.13. The van der Waals surface area contributed by atoms with E-state index in [1.54, 1.807) is 0 Å². The highest BCUT2D eigenvalue weighted by atomic mass is 32.1. The van der Waals surface area contributed by atoms with Crippen molar-refractivity contribution in [1.29, 1.82) is 0 Å². The lowest BCUT2D eigenvalue weighted by Gasteiger charge is -1.97. The Morgan fingerprint density at radius 3 is 2.69 bits per heavy atom. The number of nitrogens with zero attached hydrogens (tertiary/aromatic N) is 2. The van der Waals surface area contributed by atoms with E-state index in [4.69, 9.17) is 17.3 Å². The van der Waals surface area contributed by atoms with Crippen molar-refractivity contribution < 1.29 is 15.0 Å². The highest BCUT2D eigenvalue weighted by Gasteiger charge is 2.13. The van der Waals surface area contributed by atoms with Crippen LogP contribution < -0.4 is 0 Å². The molecule has 1 heterocycles. The molecule has 6 nitrogen and oxygen atoms in total. The van der Waals surface area contributed by atoms with Crippen molar-refractivity contribution in [3.63, 3.8) is 0 Å². The van der Waals surface area contributed by atoms with E-state index in [0.717, 1.165) is 15.9 Å². The summed E-state index contributed by atoms with van der Waals surface area (Å²) in [6.45, 7) is -0.476. The van der Waals surface area contributed by atoms with E-state index >= 15 is 0 Å². The first-order chi connectivity index (χ1) is 6.06. The first-order valence-electron chi connectivity index (χ1n) is 3.04. The summed E-state index contributed by atoms with van der Waals surface area (Å²) in [5, 5.41) is 19.9. The number of hydrogen-bond donors (Lipinski definition) is 2. The van der Waals surface area contributed by atoms with Crippen LogP contribution in [0.3, 0.4) is 0 Å². The highest BCUT2D eigenvalue weighted by Crippen LogP contribution is 2.33. The Labute approximate surface area is 81.0 Å². The van der Waals surface area contributed by atoms with Crippen LogP contribution in [0.1, 0.15) is 0 Å². The van der Waals surface area contributed by atoms with Gasteiger partial charge in [0.05, 0.1) is 0 Å². The Bertz CT molecular complexity index is 407. The minimum absolute atomic E-state index is 0.106. The van der Waals surface area contributed by atoms with Gasteiger partial charge < -0.3 is 10.2 Å². The predicted octanol–water partition coefficient (Wildman–Crippen LogP) is 1.47. The molecule has 1 aromatic rings. The van der Waals surface area contributed by atoms with Crippen molar-refractivity contribution in [2.75, 3.05) is 0 Å². The van der Waals surface area contributed by atoms with Gasteiger partial charge >= 0.3 is 5.97 Å². The molecule has 0 unspecified atom stereocenters. The number of nitroso groups, excluding NO2 is 1. The molecule has 13 heavy (non-hydrogen) atoms. The van der Waals surface area contributed by atoms with Crippen LogP contribution in [-0.2, 0) is 11.3 Å². The molecule has 0 atom stereocenters. The Hall–Kier alpha value is -1.28. The summed E-state index contributed by atoms with van der Waals surface area (Å²) in [4.78, 5) is 20.4. The van der Waals surface area contributed by atoms with Gasteiger partial charge in [0.25, 0.3) is 0 Å². The van der Waals surface area contributed by atoms with Gasteiger partial charge in [-0.05, 0) is 17.4 Å². The molecule has 0 aliphatic heterocycles. The van der Waals surface area contributed by atoms with Gasteiger partial charge in [-0.1, -0.05) is 11.3 Å². The van der Waals surface area contributed by atoms with Gasteiger partial charge in [0.15, 0.2) is 3.95 Å². The van der Waals surface area contributed by atoms with Crippen LogP contribution in [-0.4, -0.2) is 20.7 Å². The molecule has 1 rings (SSSR count). The number of rotatable bonds is 3. The van der Waals surface area contributed by atoms with Gasteiger partial charge in [-0.15, -0.1) is 4.91 Å². The maximum atomic E-state index is 10.3. The topological polar surface area (TPSA) is 91.9 Å². The van der Waals surface area contributed by atoms with Crippen LogP contribution in [0.5, 0.6) is 5.88 Å². The Morgan fingerprint density at radius 2 is 2.31 bits per heavy atom. The SMILES string of the molecule is O=Nc1sc(=S)n(CC(=O)O)c1O. The third kappa shape index (κ3) is 1.90. The van der Waals surface area contributed by atoms with E-state index in [0.29, 0.717) is 0 Å². The summed E-state index contributed by atoms with van der Waals surface area (Å²) in [5.41, 5.74) is 0. The average molecular weight is 220 g/mol. The van der Waals surface area contributed by atoms with Crippen LogP contribution in [0.25, 0.3) is 0 Å². The van der Waals surface area contributed by atoms with Crippen molar-refractivity contribution in [3.8, 4) is 5.88 Å². The lowest BCUT2D eigenvalue weighted by Crippen LogP contribution is -2.07. The zero-order valence-corrected chi connectivity index (χ0v) is 7.76. The largest absolute Gasteiger partial charge is 0.492 e. The predicted molar refractivity (Wildman–Crippen MR) is 47.9 cm³/mol. The second-order valence-electron chi connectivity index (χ2n) is 2.07. The Kier molecular flexibility index (Phi) is 2.73. The third-order valence-electron chi connectivity index (χ3n) is 1.23. The quantitative estimate of drug-likeness (QED) is 0.594. The van der Waals surface area contributed by atoms with Gasteiger partial charge in [0, 0.05) is 0 Å². The molecule has 2 N–H and O–H groups in total. The van der Waals surface area contributed by atoms with Gasteiger partial charge in [-0.25, -0.2) is 0 Å². The molecule has 70 valence electrons. The molecule has 1 aromatic heterocycles. The minimum atomic E-state index is -1.15. The maximum Gasteiger partial charge on any atom is 0.323 e. The van der Waals surface area contributed by atoms with E-state index in [-0.39, 0.29) is 8.96 Å². The minimum Gasteiger partial charge on any atom is -0.492 e. The summed E-state index contributed by atoms with van der Waals surface area (Å²) in [6.07, 6.45) is 0. The number of carbonyl (C=O) groups is 1. The van der Waals surface area contributed by atoms with E-state index < -0.39 is 18.4 Å². The third-order valence-corrected chi connectivity index (χ3v) is 2.54. The van der Waals surface area contributed by atoms with Crippen molar-refractivity contribution in [1.82, 2.24) is 4.57 Å². The molecule has 0 aliphatic carbocycles. The fourth-order valence-corrected chi connectivity index (χ4v) is 1.77. The number of hydrogen-bond acceptors (Lipinski definition) is 6. The van der Waals surface area contributed by atoms with Crippen molar-refractivity contribution >= 4 is 34.5 Å². The molecule has 0 fully saturated rings. The zero-order chi connectivity index (χ0) is 10.0. The van der Waals surface area contributed by atoms with Crippen molar-refractivity contribution in [2.45, 2.75) is 6.54 Å². The molecule has 0 amide bonds. The molecular formula is C5H4N2O4S2. The normalized spacial score (nSPS) is 9.85. The smallest absolute Gasteiger partial charge is 0.323 e. The van der Waals surface area contributed by atoms with Crippen LogP contribution in [0.15, 0.2) is 5.18 Å². The number of aromatic nitrogens is 1. The molecule has 0 aromatic carbocycles. The molecular weight excluding hydrogens is 216 g/mol. The van der Waals surface area contributed by atoms with Crippen LogP contribution >= 0.6 is 23.6 Å². The first-order valence-corrected chi connectivity index (χ1v) is 4.26. The lowest BCUT2D eigenvalue weighted by molar-refractivity contribution is -0.137. The summed E-state index contributed by atoms with van der Waals surface area (Å²) >= 11 is 5.47. The fourth-order valence-electron chi connectivity index (χ4n) is 0.720. The Balaban J connectivity index is 3.20. The van der Waals surface area contributed by atoms with Crippen LogP contribution in [0.4, 0.5) is 5.00 Å². The monoisotopic (exact) mass is 220 g/mol. The second-order valence-corrected chi connectivity index (χ2v) is 3.69. The fraction of sp³-hybridized carbons (Fsp3) is 0.200. The molecule has 0 saturated carbocycles. The van der Waals surface area contributed by atoms with Gasteiger partial charge in [-0.2, -0.15) is 0 Å². The summed E-state index contributed by atoms with van der Waals surface area (Å²) < 4.78 is 1.04. The van der Waals surface area contributed by atoms with E-state index in [9.17, 15) is 14.8 Å². The second kappa shape index (κ2) is 3.62. The average Bonchev–Trinajstić information content (AvgIpc) is 2.31. The standard InChI is InChI=1S/C5H4N2O4S2/c8-2(9)1-7-4(10)3(6-11)13-5(7)12/h10H,1H2,(H,8,9). The number of thiazole rings is 1. The number of aliphatic carboxylic acids is 1. The summed E-state index contributed by atoms with van der Waals surface area (Å²) in [5.74, 6) is -1.64. The first kappa shape index (κ1) is 9.81. The Morgan fingerprint density at radius 1 is 1.69 bits per heavy atom. The van der Waals surface area contributed by atoms with Gasteiger partial charge in [0.1, 0.15) is 6.54 Å². The number of aromatic hydroxyl groups is 1. The molecule has 0 aliphatic rings. The lowest BCUT2D eigenvalue weighted by atomic mass is 10.6. The van der Waals surface area contributed by atoms with E-state index in [2.05, 4.69) is 5.18 Å². The molecule has 0 spiro atoms. The van der Waals surface area contributed by atoms with Gasteiger partial charge in [-0.3, -0.25) is 9.36 Å². The molecule has 8 heteroatoms.